The Bertz CT molecular complexity index is 569. The van der Waals surface area contributed by atoms with Gasteiger partial charge in [0, 0.05) is 10.5 Å². The molecule has 1 aliphatic carbocycles. The monoisotopic (exact) mass is 333 g/mol. The highest BCUT2D eigenvalue weighted by atomic mass is 79.9. The maximum atomic E-state index is 12.2. The first-order valence-electron chi connectivity index (χ1n) is 5.68. The van der Waals surface area contributed by atoms with Crippen molar-refractivity contribution in [3.63, 3.8) is 0 Å². The molecule has 1 aromatic rings. The average molecular weight is 334 g/mol. The van der Waals surface area contributed by atoms with Gasteiger partial charge in [-0.2, -0.15) is 0 Å². The number of aliphatic hydroxyl groups is 1. The van der Waals surface area contributed by atoms with E-state index in [0.717, 1.165) is 6.42 Å². The average Bonchev–Trinajstić information content (AvgIpc) is 2.85. The zero-order chi connectivity index (χ0) is 13.6. The van der Waals surface area contributed by atoms with Crippen molar-refractivity contribution in [2.45, 2.75) is 37.8 Å². The molecule has 2 rings (SSSR count). The van der Waals surface area contributed by atoms with Crippen LogP contribution < -0.4 is 4.72 Å². The van der Waals surface area contributed by atoms with Crippen molar-refractivity contribution in [1.82, 2.24) is 4.72 Å². The maximum absolute atomic E-state index is 12.2. The van der Waals surface area contributed by atoms with Gasteiger partial charge >= 0.3 is 0 Å². The standard InChI is InChI=1S/C12H16BrNO3S/c1-12(2)6-11(12)14-18(16,17)10-5-8(7-15)3-4-9(10)13/h3-5,11,14-15H,6-7H2,1-2H3. The van der Waals surface area contributed by atoms with Gasteiger partial charge in [-0.25, -0.2) is 13.1 Å². The quantitative estimate of drug-likeness (QED) is 0.885. The fraction of sp³-hybridized carbons (Fsp3) is 0.500. The second-order valence-corrected chi connectivity index (χ2v) is 7.83. The highest BCUT2D eigenvalue weighted by molar-refractivity contribution is 9.10. The third kappa shape index (κ3) is 2.77. The van der Waals surface area contributed by atoms with Gasteiger partial charge in [0.15, 0.2) is 0 Å². The van der Waals surface area contributed by atoms with E-state index in [2.05, 4.69) is 20.7 Å². The Morgan fingerprint density at radius 1 is 1.50 bits per heavy atom. The molecule has 0 spiro atoms. The van der Waals surface area contributed by atoms with Crippen LogP contribution in [0.5, 0.6) is 0 Å². The first-order valence-corrected chi connectivity index (χ1v) is 7.95. The molecule has 18 heavy (non-hydrogen) atoms. The van der Waals surface area contributed by atoms with E-state index in [1.54, 1.807) is 12.1 Å². The summed E-state index contributed by atoms with van der Waals surface area (Å²) in [7, 11) is -3.54. The lowest BCUT2D eigenvalue weighted by molar-refractivity contribution is 0.281. The molecule has 0 radical (unpaired) electrons. The first-order chi connectivity index (χ1) is 8.26. The van der Waals surface area contributed by atoms with E-state index in [1.165, 1.54) is 6.07 Å². The van der Waals surface area contributed by atoms with E-state index >= 15 is 0 Å². The van der Waals surface area contributed by atoms with Gasteiger partial charge in [0.25, 0.3) is 0 Å². The molecule has 0 bridgehead atoms. The second-order valence-electron chi connectivity index (χ2n) is 5.29. The Labute approximate surface area is 116 Å². The Hall–Kier alpha value is -0.430. The molecule has 100 valence electrons. The predicted octanol–water partition coefficient (Wildman–Crippen LogP) is 2.02. The summed E-state index contributed by atoms with van der Waals surface area (Å²) in [6.07, 6.45) is 0.851. The Morgan fingerprint density at radius 2 is 2.11 bits per heavy atom. The van der Waals surface area contributed by atoms with Crippen molar-refractivity contribution >= 4 is 26.0 Å². The van der Waals surface area contributed by atoms with Crippen molar-refractivity contribution in [2.75, 3.05) is 0 Å². The van der Waals surface area contributed by atoms with Crippen LogP contribution in [0, 0.1) is 5.41 Å². The minimum atomic E-state index is -3.54. The summed E-state index contributed by atoms with van der Waals surface area (Å²) in [5.41, 5.74) is 0.613. The third-order valence-corrected chi connectivity index (χ3v) is 5.74. The minimum Gasteiger partial charge on any atom is -0.392 e. The summed E-state index contributed by atoms with van der Waals surface area (Å²) in [4.78, 5) is 0.178. The highest BCUT2D eigenvalue weighted by Crippen LogP contribution is 2.45. The topological polar surface area (TPSA) is 66.4 Å². The number of hydrogen-bond donors (Lipinski definition) is 2. The predicted molar refractivity (Wildman–Crippen MR) is 72.6 cm³/mol. The Balaban J connectivity index is 2.29. The maximum Gasteiger partial charge on any atom is 0.241 e. The zero-order valence-corrected chi connectivity index (χ0v) is 12.7. The molecule has 1 fully saturated rings. The molecule has 0 aromatic heterocycles. The van der Waals surface area contributed by atoms with Crippen LogP contribution in [0.25, 0.3) is 0 Å². The van der Waals surface area contributed by atoms with Gasteiger partial charge in [0.05, 0.1) is 11.5 Å². The molecule has 0 amide bonds. The van der Waals surface area contributed by atoms with Gasteiger partial charge in [-0.15, -0.1) is 0 Å². The Morgan fingerprint density at radius 3 is 2.61 bits per heavy atom. The van der Waals surface area contributed by atoms with Crippen molar-refractivity contribution in [2.24, 2.45) is 5.41 Å². The SMILES string of the molecule is CC1(C)CC1NS(=O)(=O)c1cc(CO)ccc1Br. The normalized spacial score (nSPS) is 21.9. The van der Waals surface area contributed by atoms with Crippen LogP contribution in [0.3, 0.4) is 0 Å². The number of nitrogens with one attached hydrogen (secondary N) is 1. The van der Waals surface area contributed by atoms with Crippen molar-refractivity contribution in [3.05, 3.63) is 28.2 Å². The van der Waals surface area contributed by atoms with Gasteiger partial charge < -0.3 is 5.11 Å². The summed E-state index contributed by atoms with van der Waals surface area (Å²) < 4.78 is 27.7. The summed E-state index contributed by atoms with van der Waals surface area (Å²) in [5.74, 6) is 0. The van der Waals surface area contributed by atoms with E-state index < -0.39 is 10.0 Å². The fourth-order valence-corrected chi connectivity index (χ4v) is 4.19. The molecular formula is C12H16BrNO3S. The molecule has 6 heteroatoms. The number of sulfonamides is 1. The summed E-state index contributed by atoms with van der Waals surface area (Å²) in [5, 5.41) is 9.07. The zero-order valence-electron chi connectivity index (χ0n) is 10.3. The minimum absolute atomic E-state index is 0.00724. The lowest BCUT2D eigenvalue weighted by atomic mass is 10.2. The smallest absolute Gasteiger partial charge is 0.241 e. The van der Waals surface area contributed by atoms with E-state index in [-0.39, 0.29) is 23.0 Å². The lowest BCUT2D eigenvalue weighted by Gasteiger charge is -2.10. The number of aliphatic hydroxyl groups excluding tert-OH is 1. The molecular weight excluding hydrogens is 318 g/mol. The van der Waals surface area contributed by atoms with Crippen molar-refractivity contribution in [1.29, 1.82) is 0 Å². The molecule has 0 aliphatic heterocycles. The molecule has 1 atom stereocenters. The van der Waals surface area contributed by atoms with Crippen LogP contribution in [0.4, 0.5) is 0 Å². The largest absolute Gasteiger partial charge is 0.392 e. The van der Waals surface area contributed by atoms with E-state index in [4.69, 9.17) is 5.11 Å². The fourth-order valence-electron chi connectivity index (χ4n) is 1.77. The third-order valence-electron chi connectivity index (χ3n) is 3.28. The van der Waals surface area contributed by atoms with Crippen molar-refractivity contribution in [3.8, 4) is 0 Å². The highest BCUT2D eigenvalue weighted by Gasteiger charge is 2.48. The second kappa shape index (κ2) is 4.59. The van der Waals surface area contributed by atoms with Crippen molar-refractivity contribution < 1.29 is 13.5 Å². The van der Waals surface area contributed by atoms with Crippen LogP contribution in [-0.4, -0.2) is 19.6 Å². The van der Waals surface area contributed by atoms with Gasteiger partial charge in [0.2, 0.25) is 10.0 Å². The molecule has 1 aliphatic rings. The van der Waals surface area contributed by atoms with Gasteiger partial charge in [-0.1, -0.05) is 19.9 Å². The molecule has 1 saturated carbocycles. The van der Waals surface area contributed by atoms with E-state index in [9.17, 15) is 8.42 Å². The molecule has 1 unspecified atom stereocenters. The molecule has 0 heterocycles. The van der Waals surface area contributed by atoms with Gasteiger partial charge in [0.1, 0.15) is 0 Å². The first kappa shape index (κ1) is 14.0. The molecule has 0 saturated heterocycles. The van der Waals surface area contributed by atoms with Crippen LogP contribution >= 0.6 is 15.9 Å². The number of rotatable bonds is 4. The van der Waals surface area contributed by atoms with Gasteiger partial charge in [-0.3, -0.25) is 0 Å². The number of hydrogen-bond acceptors (Lipinski definition) is 3. The molecule has 2 N–H and O–H groups in total. The number of halogens is 1. The summed E-state index contributed by atoms with van der Waals surface area (Å²) >= 11 is 3.23. The Kier molecular flexibility index (Phi) is 3.57. The number of benzene rings is 1. The van der Waals surface area contributed by atoms with Gasteiger partial charge in [-0.05, 0) is 45.5 Å². The van der Waals surface area contributed by atoms with Crippen LogP contribution in [0.15, 0.2) is 27.6 Å². The lowest BCUT2D eigenvalue weighted by Crippen LogP contribution is -2.28. The summed E-state index contributed by atoms with van der Waals surface area (Å²) in [6, 6.07) is 4.80. The molecule has 1 aromatic carbocycles. The van der Waals surface area contributed by atoms with Crippen LogP contribution in [-0.2, 0) is 16.6 Å². The van der Waals surface area contributed by atoms with E-state index in [0.29, 0.717) is 10.0 Å². The summed E-state index contributed by atoms with van der Waals surface area (Å²) in [6.45, 7) is 3.88. The van der Waals surface area contributed by atoms with E-state index in [1.807, 2.05) is 13.8 Å². The van der Waals surface area contributed by atoms with Crippen LogP contribution in [0.2, 0.25) is 0 Å². The molecule has 4 nitrogen and oxygen atoms in total. The van der Waals surface area contributed by atoms with Crippen LogP contribution in [0.1, 0.15) is 25.8 Å².